The van der Waals surface area contributed by atoms with E-state index >= 15 is 0 Å². The maximum absolute atomic E-state index is 12.4. The van der Waals surface area contributed by atoms with Crippen LogP contribution in [0.4, 0.5) is 5.69 Å². The van der Waals surface area contributed by atoms with Crippen LogP contribution in [0.5, 0.6) is 0 Å². The van der Waals surface area contributed by atoms with E-state index in [4.69, 9.17) is 0 Å². The van der Waals surface area contributed by atoms with Crippen LogP contribution in [0.3, 0.4) is 0 Å². The summed E-state index contributed by atoms with van der Waals surface area (Å²) in [4.78, 5) is 0.304. The Morgan fingerprint density at radius 2 is 1.80 bits per heavy atom. The van der Waals surface area contributed by atoms with Gasteiger partial charge < -0.3 is 5.32 Å². The van der Waals surface area contributed by atoms with Crippen molar-refractivity contribution in [2.75, 3.05) is 5.32 Å². The van der Waals surface area contributed by atoms with Crippen LogP contribution >= 0.6 is 0 Å². The summed E-state index contributed by atoms with van der Waals surface area (Å²) in [5.74, 6) is 0. The number of benzene rings is 1. The molecule has 1 aromatic carbocycles. The normalized spacial score (nSPS) is 12.7. The van der Waals surface area contributed by atoms with Crippen molar-refractivity contribution in [3.8, 4) is 0 Å². The highest BCUT2D eigenvalue weighted by molar-refractivity contribution is 7.89. The van der Waals surface area contributed by atoms with Crippen LogP contribution in [0.2, 0.25) is 0 Å². The molecular formula is C15H26N2O2S. The minimum absolute atomic E-state index is 0.128. The lowest BCUT2D eigenvalue weighted by Crippen LogP contribution is -2.34. The van der Waals surface area contributed by atoms with E-state index in [1.165, 1.54) is 0 Å². The van der Waals surface area contributed by atoms with Crippen molar-refractivity contribution in [1.29, 1.82) is 0 Å². The number of hydrogen-bond acceptors (Lipinski definition) is 3. The van der Waals surface area contributed by atoms with E-state index in [0.29, 0.717) is 10.6 Å². The van der Waals surface area contributed by atoms with Crippen molar-refractivity contribution in [2.24, 2.45) is 0 Å². The second kappa shape index (κ2) is 6.59. The zero-order valence-corrected chi connectivity index (χ0v) is 13.8. The monoisotopic (exact) mass is 298 g/mol. The van der Waals surface area contributed by atoms with Crippen LogP contribution in [0.25, 0.3) is 0 Å². The maximum Gasteiger partial charge on any atom is 0.242 e. The Bertz CT molecular complexity index is 537. The van der Waals surface area contributed by atoms with Crippen LogP contribution in [-0.4, -0.2) is 20.0 Å². The molecule has 0 spiro atoms. The number of rotatable bonds is 7. The number of hydrogen-bond donors (Lipinski definition) is 2. The van der Waals surface area contributed by atoms with E-state index in [1.54, 1.807) is 12.1 Å². The molecule has 0 aromatic heterocycles. The lowest BCUT2D eigenvalue weighted by molar-refractivity contribution is 0.509. The Labute approximate surface area is 123 Å². The van der Waals surface area contributed by atoms with Gasteiger partial charge in [-0.25, -0.2) is 13.1 Å². The van der Waals surface area contributed by atoms with Crippen molar-refractivity contribution < 1.29 is 8.42 Å². The number of sulfonamides is 1. The second-order valence-corrected chi connectivity index (χ2v) is 7.71. The molecule has 0 aliphatic carbocycles. The fraction of sp³-hybridized carbons (Fsp3) is 0.600. The SMILES string of the molecule is CCCC(C)(C)Nc1ccccc1S(=O)(=O)NC(C)C. The topological polar surface area (TPSA) is 58.2 Å². The maximum atomic E-state index is 12.4. The van der Waals surface area contributed by atoms with Crippen molar-refractivity contribution in [1.82, 2.24) is 4.72 Å². The molecule has 5 heteroatoms. The fourth-order valence-electron chi connectivity index (χ4n) is 2.23. The van der Waals surface area contributed by atoms with Gasteiger partial charge >= 0.3 is 0 Å². The third kappa shape index (κ3) is 4.80. The van der Waals surface area contributed by atoms with Gasteiger partial charge in [0.05, 0.1) is 5.69 Å². The number of para-hydroxylation sites is 1. The minimum atomic E-state index is -3.49. The van der Waals surface area contributed by atoms with E-state index in [9.17, 15) is 8.42 Å². The predicted molar refractivity (Wildman–Crippen MR) is 84.5 cm³/mol. The Kier molecular flexibility index (Phi) is 5.59. The van der Waals surface area contributed by atoms with Crippen LogP contribution in [0, 0.1) is 0 Å². The summed E-state index contributed by atoms with van der Waals surface area (Å²) in [6.07, 6.45) is 2.01. The van der Waals surface area contributed by atoms with Gasteiger partial charge in [0, 0.05) is 11.6 Å². The highest BCUT2D eigenvalue weighted by Gasteiger charge is 2.23. The first-order valence-electron chi connectivity index (χ1n) is 7.07. The Hall–Kier alpha value is -1.07. The van der Waals surface area contributed by atoms with Crippen molar-refractivity contribution in [3.63, 3.8) is 0 Å². The molecule has 0 amide bonds. The molecule has 114 valence electrons. The van der Waals surface area contributed by atoms with Crippen molar-refractivity contribution >= 4 is 15.7 Å². The molecular weight excluding hydrogens is 272 g/mol. The first kappa shape index (κ1) is 17.0. The molecule has 2 N–H and O–H groups in total. The molecule has 0 bridgehead atoms. The molecule has 0 aliphatic rings. The zero-order valence-electron chi connectivity index (χ0n) is 13.0. The van der Waals surface area contributed by atoms with Crippen molar-refractivity contribution in [2.45, 2.75) is 63.9 Å². The standard InChI is InChI=1S/C15H26N2O2S/c1-6-11-15(4,5)16-13-9-7-8-10-14(13)20(18,19)17-12(2)3/h7-10,12,16-17H,6,11H2,1-5H3. The van der Waals surface area contributed by atoms with E-state index in [1.807, 2.05) is 26.0 Å². The highest BCUT2D eigenvalue weighted by atomic mass is 32.2. The summed E-state index contributed by atoms with van der Waals surface area (Å²) in [5.41, 5.74) is 0.511. The van der Waals surface area contributed by atoms with Gasteiger partial charge in [-0.3, -0.25) is 0 Å². The van der Waals surface area contributed by atoms with Gasteiger partial charge in [0.1, 0.15) is 4.90 Å². The van der Waals surface area contributed by atoms with Gasteiger partial charge in [-0.15, -0.1) is 0 Å². The van der Waals surface area contributed by atoms with Gasteiger partial charge in [0.15, 0.2) is 0 Å². The van der Waals surface area contributed by atoms with Crippen LogP contribution in [-0.2, 0) is 10.0 Å². The average Bonchev–Trinajstić information content (AvgIpc) is 2.26. The first-order chi connectivity index (χ1) is 9.18. The smallest absolute Gasteiger partial charge is 0.242 e. The third-order valence-corrected chi connectivity index (χ3v) is 4.63. The third-order valence-electron chi connectivity index (χ3n) is 2.92. The molecule has 1 aromatic rings. The molecule has 4 nitrogen and oxygen atoms in total. The van der Waals surface area contributed by atoms with E-state index in [0.717, 1.165) is 12.8 Å². The van der Waals surface area contributed by atoms with Gasteiger partial charge in [-0.05, 0) is 46.2 Å². The quantitative estimate of drug-likeness (QED) is 0.811. The fourth-order valence-corrected chi connectivity index (χ4v) is 3.64. The molecule has 0 atom stereocenters. The van der Waals surface area contributed by atoms with Crippen molar-refractivity contribution in [3.05, 3.63) is 24.3 Å². The van der Waals surface area contributed by atoms with E-state index < -0.39 is 10.0 Å². The molecule has 1 rings (SSSR count). The number of anilines is 1. The first-order valence-corrected chi connectivity index (χ1v) is 8.56. The number of nitrogens with one attached hydrogen (secondary N) is 2. The average molecular weight is 298 g/mol. The molecule has 0 aliphatic heterocycles. The second-order valence-electron chi connectivity index (χ2n) is 6.03. The van der Waals surface area contributed by atoms with Crippen LogP contribution < -0.4 is 10.0 Å². The lowest BCUT2D eigenvalue weighted by atomic mass is 9.98. The summed E-state index contributed by atoms with van der Waals surface area (Å²) in [5, 5.41) is 3.35. The molecule has 0 saturated heterocycles. The largest absolute Gasteiger partial charge is 0.379 e. The molecule has 0 saturated carbocycles. The predicted octanol–water partition coefficient (Wildman–Crippen LogP) is 3.36. The molecule has 0 unspecified atom stereocenters. The Morgan fingerprint density at radius 1 is 1.20 bits per heavy atom. The lowest BCUT2D eigenvalue weighted by Gasteiger charge is -2.28. The summed E-state index contributed by atoms with van der Waals surface area (Å²) in [7, 11) is -3.49. The van der Waals surface area contributed by atoms with Crippen LogP contribution in [0.1, 0.15) is 47.5 Å². The summed E-state index contributed by atoms with van der Waals surface area (Å²) in [6, 6.07) is 6.91. The summed E-state index contributed by atoms with van der Waals surface area (Å²) < 4.78 is 27.3. The highest BCUT2D eigenvalue weighted by Crippen LogP contribution is 2.26. The van der Waals surface area contributed by atoms with Gasteiger partial charge in [0.2, 0.25) is 10.0 Å². The summed E-state index contributed by atoms with van der Waals surface area (Å²) in [6.45, 7) is 9.90. The minimum Gasteiger partial charge on any atom is -0.379 e. The Balaban J connectivity index is 3.12. The zero-order chi connectivity index (χ0) is 15.4. The Morgan fingerprint density at radius 3 is 2.35 bits per heavy atom. The molecule has 20 heavy (non-hydrogen) atoms. The molecule has 0 radical (unpaired) electrons. The van der Waals surface area contributed by atoms with E-state index in [-0.39, 0.29) is 11.6 Å². The van der Waals surface area contributed by atoms with Gasteiger partial charge in [-0.1, -0.05) is 25.5 Å². The van der Waals surface area contributed by atoms with E-state index in [2.05, 4.69) is 30.8 Å². The van der Waals surface area contributed by atoms with Gasteiger partial charge in [0.25, 0.3) is 0 Å². The summed E-state index contributed by atoms with van der Waals surface area (Å²) >= 11 is 0. The molecule has 0 fully saturated rings. The van der Waals surface area contributed by atoms with Crippen LogP contribution in [0.15, 0.2) is 29.2 Å². The van der Waals surface area contributed by atoms with Gasteiger partial charge in [-0.2, -0.15) is 0 Å². The molecule has 0 heterocycles.